The number of hydrogen-bond acceptors (Lipinski definition) is 6. The summed E-state index contributed by atoms with van der Waals surface area (Å²) in [5.74, 6) is 0.0957. The number of hydrogen-bond donors (Lipinski definition) is 2. The molecule has 3 heterocycles. The van der Waals surface area contributed by atoms with Crippen LogP contribution in [0.4, 0.5) is 14.7 Å². The Balaban J connectivity index is 2.13. The standard InChI is InChI=1S/C17H20ClF2N5O2/c1-16(2,19)17(3,20)14-9(6-21)13(18)11-7-22-15(24-25(11)14)23-10-4-5-27-8-12(10)26/h7,10,12,26H,4-5,8H2,1-3H3,(H,23,24)/t10-,12-,17?/m1/s1. The van der Waals surface area contributed by atoms with Gasteiger partial charge in [0, 0.05) is 6.61 Å². The highest BCUT2D eigenvalue weighted by molar-refractivity contribution is 6.35. The fraction of sp³-hybridized carbons (Fsp3) is 0.588. The molecule has 146 valence electrons. The van der Waals surface area contributed by atoms with Crippen molar-refractivity contribution in [3.8, 4) is 6.07 Å². The van der Waals surface area contributed by atoms with Crippen LogP contribution in [0.15, 0.2) is 6.20 Å². The fourth-order valence-corrected chi connectivity index (χ4v) is 3.21. The first kappa shape index (κ1) is 19.7. The van der Waals surface area contributed by atoms with Gasteiger partial charge in [-0.15, -0.1) is 5.10 Å². The molecule has 0 saturated carbocycles. The third kappa shape index (κ3) is 3.33. The second kappa shape index (κ2) is 6.86. The fourth-order valence-electron chi connectivity index (χ4n) is 2.95. The number of aromatic nitrogens is 3. The van der Waals surface area contributed by atoms with Gasteiger partial charge < -0.3 is 15.2 Å². The van der Waals surface area contributed by atoms with Gasteiger partial charge in [0.25, 0.3) is 0 Å². The third-order valence-electron chi connectivity index (χ3n) is 4.94. The van der Waals surface area contributed by atoms with Gasteiger partial charge in [0.1, 0.15) is 22.9 Å². The highest BCUT2D eigenvalue weighted by atomic mass is 35.5. The van der Waals surface area contributed by atoms with Crippen molar-refractivity contribution in [3.63, 3.8) is 0 Å². The van der Waals surface area contributed by atoms with Crippen molar-refractivity contribution in [2.45, 2.75) is 50.7 Å². The quantitative estimate of drug-likeness (QED) is 0.820. The number of rotatable bonds is 4. The number of alkyl halides is 2. The summed E-state index contributed by atoms with van der Waals surface area (Å²) in [5.41, 5.74) is -5.13. The van der Waals surface area contributed by atoms with Gasteiger partial charge in [-0.3, -0.25) is 0 Å². The number of nitrogens with one attached hydrogen (secondary N) is 1. The van der Waals surface area contributed by atoms with E-state index in [0.29, 0.717) is 13.0 Å². The molecule has 7 nitrogen and oxygen atoms in total. The zero-order valence-corrected chi connectivity index (χ0v) is 15.9. The predicted molar refractivity (Wildman–Crippen MR) is 95.2 cm³/mol. The van der Waals surface area contributed by atoms with E-state index < -0.39 is 17.4 Å². The van der Waals surface area contributed by atoms with Crippen molar-refractivity contribution < 1.29 is 18.6 Å². The number of ether oxygens (including phenoxy) is 1. The minimum absolute atomic E-state index is 0.0433. The molecule has 0 aliphatic carbocycles. The number of fused-ring (bicyclic) bond motifs is 1. The molecule has 0 amide bonds. The van der Waals surface area contributed by atoms with Crippen molar-refractivity contribution in [2.24, 2.45) is 0 Å². The van der Waals surface area contributed by atoms with E-state index in [1.807, 2.05) is 6.07 Å². The number of aliphatic hydroxyl groups excluding tert-OH is 1. The lowest BCUT2D eigenvalue weighted by Gasteiger charge is -2.31. The Morgan fingerprint density at radius 3 is 2.74 bits per heavy atom. The molecule has 1 unspecified atom stereocenters. The van der Waals surface area contributed by atoms with Crippen LogP contribution in [-0.4, -0.2) is 50.7 Å². The lowest BCUT2D eigenvalue weighted by molar-refractivity contribution is -0.0137. The number of aliphatic hydroxyl groups is 1. The average molecular weight is 400 g/mol. The topological polar surface area (TPSA) is 95.5 Å². The molecular formula is C17H20ClF2N5O2. The highest BCUT2D eigenvalue weighted by Gasteiger charge is 2.48. The van der Waals surface area contributed by atoms with E-state index in [0.717, 1.165) is 25.3 Å². The molecule has 3 rings (SSSR count). The Labute approximate surface area is 159 Å². The number of halogens is 3. The third-order valence-corrected chi connectivity index (χ3v) is 5.32. The minimum atomic E-state index is -2.54. The van der Waals surface area contributed by atoms with E-state index in [-0.39, 0.29) is 40.4 Å². The van der Waals surface area contributed by atoms with Crippen molar-refractivity contribution in [2.75, 3.05) is 18.5 Å². The smallest absolute Gasteiger partial charge is 0.241 e. The first-order chi connectivity index (χ1) is 12.6. The zero-order valence-electron chi connectivity index (χ0n) is 15.1. The Kier molecular flexibility index (Phi) is 5.01. The monoisotopic (exact) mass is 399 g/mol. The molecule has 2 aromatic heterocycles. The Hall–Kier alpha value is -2.02. The molecule has 27 heavy (non-hydrogen) atoms. The van der Waals surface area contributed by atoms with Gasteiger partial charge in [-0.05, 0) is 27.2 Å². The SMILES string of the molecule is CC(C)(F)C(C)(F)c1c(C#N)c(Cl)c2cnc(N[C@@H]3CCOC[C@H]3O)nn12. The zero-order chi connectivity index (χ0) is 20.0. The maximum Gasteiger partial charge on any atom is 0.241 e. The van der Waals surface area contributed by atoms with E-state index >= 15 is 4.39 Å². The van der Waals surface area contributed by atoms with Gasteiger partial charge in [0.2, 0.25) is 5.95 Å². The molecule has 1 saturated heterocycles. The lowest BCUT2D eigenvalue weighted by Crippen LogP contribution is -2.42. The normalized spacial score (nSPS) is 23.0. The van der Waals surface area contributed by atoms with Crippen LogP contribution in [0.3, 0.4) is 0 Å². The number of anilines is 1. The molecule has 2 N–H and O–H groups in total. The van der Waals surface area contributed by atoms with E-state index in [2.05, 4.69) is 15.4 Å². The van der Waals surface area contributed by atoms with Crippen molar-refractivity contribution in [3.05, 3.63) is 22.5 Å². The van der Waals surface area contributed by atoms with Crippen LogP contribution in [0, 0.1) is 11.3 Å². The predicted octanol–water partition coefficient (Wildman–Crippen LogP) is 2.75. The maximum atomic E-state index is 15.4. The largest absolute Gasteiger partial charge is 0.389 e. The van der Waals surface area contributed by atoms with Crippen LogP contribution in [0.2, 0.25) is 5.02 Å². The second-order valence-corrected chi connectivity index (χ2v) is 7.56. The van der Waals surface area contributed by atoms with E-state index in [9.17, 15) is 14.8 Å². The van der Waals surface area contributed by atoms with Gasteiger partial charge >= 0.3 is 0 Å². The maximum absolute atomic E-state index is 15.4. The van der Waals surface area contributed by atoms with Crippen LogP contribution < -0.4 is 5.32 Å². The molecule has 3 atom stereocenters. The van der Waals surface area contributed by atoms with E-state index in [1.165, 1.54) is 6.20 Å². The second-order valence-electron chi connectivity index (χ2n) is 7.19. The Morgan fingerprint density at radius 2 is 2.15 bits per heavy atom. The van der Waals surface area contributed by atoms with Crippen LogP contribution in [0.25, 0.3) is 5.52 Å². The van der Waals surface area contributed by atoms with Crippen molar-refractivity contribution >= 4 is 23.1 Å². The summed E-state index contributed by atoms with van der Waals surface area (Å²) in [5, 5.41) is 26.6. The number of nitriles is 1. The van der Waals surface area contributed by atoms with E-state index in [4.69, 9.17) is 16.3 Å². The van der Waals surface area contributed by atoms with Crippen LogP contribution in [0.5, 0.6) is 0 Å². The molecule has 10 heteroatoms. The molecular weight excluding hydrogens is 380 g/mol. The summed E-state index contributed by atoms with van der Waals surface area (Å²) in [6, 6.07) is 1.48. The molecule has 1 fully saturated rings. The first-order valence-corrected chi connectivity index (χ1v) is 8.83. The van der Waals surface area contributed by atoms with Gasteiger partial charge in [0.15, 0.2) is 5.67 Å². The van der Waals surface area contributed by atoms with Crippen LogP contribution in [-0.2, 0) is 10.4 Å². The lowest BCUT2D eigenvalue weighted by atomic mass is 9.86. The summed E-state index contributed by atoms with van der Waals surface area (Å²) < 4.78 is 36.3. The molecule has 0 aromatic carbocycles. The van der Waals surface area contributed by atoms with Gasteiger partial charge in [0.05, 0.1) is 35.5 Å². The molecule has 0 radical (unpaired) electrons. The summed E-state index contributed by atoms with van der Waals surface area (Å²) in [4.78, 5) is 4.12. The Morgan fingerprint density at radius 1 is 1.44 bits per heavy atom. The van der Waals surface area contributed by atoms with E-state index in [1.54, 1.807) is 0 Å². The molecule has 0 bridgehead atoms. The van der Waals surface area contributed by atoms with Gasteiger partial charge in [-0.1, -0.05) is 11.6 Å². The first-order valence-electron chi connectivity index (χ1n) is 8.46. The average Bonchev–Trinajstić information content (AvgIpc) is 2.88. The Bertz CT molecular complexity index is 903. The molecule has 1 aliphatic rings. The summed E-state index contributed by atoms with van der Waals surface area (Å²) in [6.07, 6.45) is 1.11. The molecule has 2 aromatic rings. The molecule has 0 spiro atoms. The van der Waals surface area contributed by atoms with Gasteiger partial charge in [-0.2, -0.15) is 5.26 Å². The van der Waals surface area contributed by atoms with Crippen molar-refractivity contribution in [1.82, 2.24) is 14.6 Å². The minimum Gasteiger partial charge on any atom is -0.389 e. The summed E-state index contributed by atoms with van der Waals surface area (Å²) in [6.45, 7) is 3.86. The molecule has 1 aliphatic heterocycles. The number of nitrogens with zero attached hydrogens (tertiary/aromatic N) is 4. The van der Waals surface area contributed by atoms with Gasteiger partial charge in [-0.25, -0.2) is 18.3 Å². The summed E-state index contributed by atoms with van der Waals surface area (Å²) >= 11 is 6.20. The highest BCUT2D eigenvalue weighted by Crippen LogP contribution is 2.44. The van der Waals surface area contributed by atoms with Crippen LogP contribution >= 0.6 is 11.6 Å². The van der Waals surface area contributed by atoms with Crippen molar-refractivity contribution in [1.29, 1.82) is 5.26 Å². The summed E-state index contributed by atoms with van der Waals surface area (Å²) in [7, 11) is 0. The van der Waals surface area contributed by atoms with Crippen LogP contribution in [0.1, 0.15) is 38.4 Å².